The fourth-order valence-electron chi connectivity index (χ4n) is 2.34. The molecular weight excluding hydrogens is 260 g/mol. The fraction of sp³-hybridized carbons (Fsp3) is 0.444. The molecule has 2 rings (SSSR count). The summed E-state index contributed by atoms with van der Waals surface area (Å²) in [6.45, 7) is 9.17. The van der Waals surface area contributed by atoms with Crippen LogP contribution in [-0.4, -0.2) is 13.6 Å². The summed E-state index contributed by atoms with van der Waals surface area (Å²) in [6.07, 6.45) is 0. The number of nitrogens with one attached hydrogen (secondary N) is 1. The first-order chi connectivity index (χ1) is 10.1. The average molecular weight is 286 g/mol. The van der Waals surface area contributed by atoms with Gasteiger partial charge >= 0.3 is 0 Å². The first kappa shape index (κ1) is 15.6. The smallest absolute Gasteiger partial charge is 0.123 e. The van der Waals surface area contributed by atoms with E-state index in [2.05, 4.69) is 61.4 Å². The van der Waals surface area contributed by atoms with Gasteiger partial charge in [0, 0.05) is 24.8 Å². The predicted molar refractivity (Wildman–Crippen MR) is 88.5 cm³/mol. The van der Waals surface area contributed by atoms with Crippen LogP contribution >= 0.6 is 0 Å². The van der Waals surface area contributed by atoms with Crippen molar-refractivity contribution < 1.29 is 4.42 Å². The van der Waals surface area contributed by atoms with E-state index in [9.17, 15) is 0 Å². The van der Waals surface area contributed by atoms with Crippen LogP contribution in [0.2, 0.25) is 0 Å². The highest BCUT2D eigenvalue weighted by Gasteiger charge is 2.10. The van der Waals surface area contributed by atoms with Crippen LogP contribution in [0.25, 0.3) is 0 Å². The third kappa shape index (κ3) is 4.64. The van der Waals surface area contributed by atoms with Crippen molar-refractivity contribution >= 4 is 5.69 Å². The highest BCUT2D eigenvalue weighted by atomic mass is 16.3. The van der Waals surface area contributed by atoms with Crippen molar-refractivity contribution in [3.05, 3.63) is 53.5 Å². The van der Waals surface area contributed by atoms with Crippen molar-refractivity contribution in [3.8, 4) is 0 Å². The predicted octanol–water partition coefficient (Wildman–Crippen LogP) is 3.97. The topological polar surface area (TPSA) is 28.4 Å². The van der Waals surface area contributed by atoms with E-state index in [1.165, 1.54) is 11.3 Å². The second-order valence-electron chi connectivity index (χ2n) is 6.01. The molecule has 3 heteroatoms. The Morgan fingerprint density at radius 1 is 1.19 bits per heavy atom. The van der Waals surface area contributed by atoms with E-state index in [0.717, 1.165) is 31.2 Å². The van der Waals surface area contributed by atoms with Gasteiger partial charge in [0.1, 0.15) is 11.5 Å². The Morgan fingerprint density at radius 2 is 1.90 bits per heavy atom. The van der Waals surface area contributed by atoms with E-state index >= 15 is 0 Å². The number of rotatable bonds is 7. The Hall–Kier alpha value is -1.74. The molecule has 21 heavy (non-hydrogen) atoms. The van der Waals surface area contributed by atoms with Crippen molar-refractivity contribution in [2.45, 2.75) is 33.9 Å². The van der Waals surface area contributed by atoms with Gasteiger partial charge in [-0.25, -0.2) is 0 Å². The summed E-state index contributed by atoms with van der Waals surface area (Å²) < 4.78 is 5.88. The maximum Gasteiger partial charge on any atom is 0.123 e. The van der Waals surface area contributed by atoms with E-state index in [1.807, 2.05) is 13.0 Å². The van der Waals surface area contributed by atoms with Gasteiger partial charge in [0.25, 0.3) is 0 Å². The molecule has 0 amide bonds. The van der Waals surface area contributed by atoms with Gasteiger partial charge < -0.3 is 14.6 Å². The average Bonchev–Trinajstić information content (AvgIpc) is 2.79. The third-order valence-corrected chi connectivity index (χ3v) is 3.53. The maximum absolute atomic E-state index is 5.88. The normalized spacial score (nSPS) is 11.1. The first-order valence-corrected chi connectivity index (χ1v) is 7.61. The van der Waals surface area contributed by atoms with Crippen molar-refractivity contribution in [1.29, 1.82) is 0 Å². The largest absolute Gasteiger partial charge is 0.464 e. The Balaban J connectivity index is 1.95. The molecule has 0 saturated heterocycles. The van der Waals surface area contributed by atoms with E-state index in [0.29, 0.717) is 5.92 Å². The molecule has 2 aromatic rings. The highest BCUT2D eigenvalue weighted by molar-refractivity contribution is 5.45. The molecule has 0 radical (unpaired) electrons. The molecule has 0 atom stereocenters. The second-order valence-corrected chi connectivity index (χ2v) is 6.01. The van der Waals surface area contributed by atoms with Crippen molar-refractivity contribution in [3.63, 3.8) is 0 Å². The number of anilines is 1. The van der Waals surface area contributed by atoms with Gasteiger partial charge in [0.05, 0.1) is 6.54 Å². The van der Waals surface area contributed by atoms with Crippen LogP contribution in [0.15, 0.2) is 40.8 Å². The summed E-state index contributed by atoms with van der Waals surface area (Å²) in [5.41, 5.74) is 2.46. The van der Waals surface area contributed by atoms with Crippen LogP contribution in [0.4, 0.5) is 5.69 Å². The van der Waals surface area contributed by atoms with Crippen molar-refractivity contribution in [2.75, 3.05) is 18.5 Å². The number of benzene rings is 1. The van der Waals surface area contributed by atoms with Gasteiger partial charge in [0.2, 0.25) is 0 Å². The Bertz CT molecular complexity index is 546. The second kappa shape index (κ2) is 7.32. The zero-order valence-electron chi connectivity index (χ0n) is 13.5. The molecule has 0 aliphatic rings. The standard InChI is InChI=1S/C18H26N2O/c1-14(2)11-19-12-16-10-18(21-15(16)3)13-20(4)17-8-6-5-7-9-17/h5-10,14,19H,11-13H2,1-4H3. The molecule has 1 aromatic carbocycles. The molecule has 114 valence electrons. The molecule has 0 fully saturated rings. The zero-order valence-corrected chi connectivity index (χ0v) is 13.5. The van der Waals surface area contributed by atoms with E-state index < -0.39 is 0 Å². The molecule has 1 N–H and O–H groups in total. The molecule has 1 heterocycles. The molecule has 0 aliphatic carbocycles. The summed E-state index contributed by atoms with van der Waals surface area (Å²) in [5.74, 6) is 2.70. The molecule has 0 saturated carbocycles. The molecule has 1 aromatic heterocycles. The number of aryl methyl sites for hydroxylation is 1. The van der Waals surface area contributed by atoms with Gasteiger partial charge in [0.15, 0.2) is 0 Å². The first-order valence-electron chi connectivity index (χ1n) is 7.61. The van der Waals surface area contributed by atoms with Crippen LogP contribution in [0.5, 0.6) is 0 Å². The highest BCUT2D eigenvalue weighted by Crippen LogP contribution is 2.19. The molecule has 0 unspecified atom stereocenters. The Morgan fingerprint density at radius 3 is 2.57 bits per heavy atom. The summed E-state index contributed by atoms with van der Waals surface area (Å²) in [4.78, 5) is 2.20. The number of hydrogen-bond donors (Lipinski definition) is 1. The van der Waals surface area contributed by atoms with Gasteiger partial charge in [-0.05, 0) is 37.6 Å². The summed E-state index contributed by atoms with van der Waals surface area (Å²) in [7, 11) is 2.09. The monoisotopic (exact) mass is 286 g/mol. The molecule has 0 bridgehead atoms. The maximum atomic E-state index is 5.88. The van der Waals surface area contributed by atoms with Gasteiger partial charge in [-0.1, -0.05) is 32.0 Å². The summed E-state index contributed by atoms with van der Waals surface area (Å²) in [6, 6.07) is 12.5. The fourth-order valence-corrected chi connectivity index (χ4v) is 2.34. The molecule has 0 spiro atoms. The quantitative estimate of drug-likeness (QED) is 0.835. The SMILES string of the molecule is Cc1oc(CN(C)c2ccccc2)cc1CNCC(C)C. The van der Waals surface area contributed by atoms with Gasteiger partial charge in [-0.2, -0.15) is 0 Å². The minimum absolute atomic E-state index is 0.667. The Labute approximate surface area is 128 Å². The minimum atomic E-state index is 0.667. The lowest BCUT2D eigenvalue weighted by atomic mass is 10.2. The molecule has 3 nitrogen and oxygen atoms in total. The van der Waals surface area contributed by atoms with Crippen molar-refractivity contribution in [1.82, 2.24) is 5.32 Å². The Kier molecular flexibility index (Phi) is 5.45. The van der Waals surface area contributed by atoms with Crippen LogP contribution in [0.1, 0.15) is 30.9 Å². The van der Waals surface area contributed by atoms with E-state index in [-0.39, 0.29) is 0 Å². The van der Waals surface area contributed by atoms with Crippen LogP contribution < -0.4 is 10.2 Å². The third-order valence-electron chi connectivity index (χ3n) is 3.53. The number of furan rings is 1. The molecular formula is C18H26N2O. The van der Waals surface area contributed by atoms with Gasteiger partial charge in [-0.3, -0.25) is 0 Å². The van der Waals surface area contributed by atoms with Gasteiger partial charge in [-0.15, -0.1) is 0 Å². The lowest BCUT2D eigenvalue weighted by Gasteiger charge is -2.17. The number of para-hydroxylation sites is 1. The zero-order chi connectivity index (χ0) is 15.2. The summed E-state index contributed by atoms with van der Waals surface area (Å²) in [5, 5.41) is 3.47. The minimum Gasteiger partial charge on any atom is -0.464 e. The van der Waals surface area contributed by atoms with E-state index in [1.54, 1.807) is 0 Å². The lowest BCUT2D eigenvalue weighted by molar-refractivity contribution is 0.476. The van der Waals surface area contributed by atoms with Crippen molar-refractivity contribution in [2.24, 2.45) is 5.92 Å². The van der Waals surface area contributed by atoms with Crippen LogP contribution in [0, 0.1) is 12.8 Å². The number of nitrogens with zero attached hydrogens (tertiary/aromatic N) is 1. The number of hydrogen-bond acceptors (Lipinski definition) is 3. The summed E-state index contributed by atoms with van der Waals surface area (Å²) >= 11 is 0. The molecule has 0 aliphatic heterocycles. The van der Waals surface area contributed by atoms with E-state index in [4.69, 9.17) is 4.42 Å². The lowest BCUT2D eigenvalue weighted by Crippen LogP contribution is -2.19. The van der Waals surface area contributed by atoms with Crippen LogP contribution in [-0.2, 0) is 13.1 Å². The van der Waals surface area contributed by atoms with Crippen LogP contribution in [0.3, 0.4) is 0 Å².